The fraction of sp³-hybridized carbons (Fsp3) is 0.214. The van der Waals surface area contributed by atoms with Crippen LogP contribution < -0.4 is 26.2 Å². The summed E-state index contributed by atoms with van der Waals surface area (Å²) < 4.78 is 6.56. The van der Waals surface area contributed by atoms with Crippen LogP contribution in [0.25, 0.3) is 0 Å². The Balaban J connectivity index is 1.88. The van der Waals surface area contributed by atoms with Gasteiger partial charge in [-0.3, -0.25) is 4.79 Å². The van der Waals surface area contributed by atoms with Crippen molar-refractivity contribution < 1.29 is 9.53 Å². The average molecular weight is 351 g/mol. The molecule has 1 amide bonds. The molecule has 6 nitrogen and oxygen atoms in total. The molecule has 0 radical (unpaired) electrons. The number of ether oxygens (including phenoxy) is 1. The van der Waals surface area contributed by atoms with Gasteiger partial charge in [0.05, 0.1) is 17.9 Å². The Morgan fingerprint density at radius 1 is 1.33 bits per heavy atom. The van der Waals surface area contributed by atoms with Crippen LogP contribution in [-0.4, -0.2) is 19.1 Å². The molecule has 0 atom stereocenters. The molecule has 0 unspecified atom stereocenters. The Hall–Kier alpha value is -2.15. The second-order valence-electron chi connectivity index (χ2n) is 4.63. The summed E-state index contributed by atoms with van der Waals surface area (Å²) in [5, 5.41) is 6.21. The number of rotatable bonds is 2. The Kier molecular flexibility index (Phi) is 4.01. The summed E-state index contributed by atoms with van der Waals surface area (Å²) >= 11 is 3.44. The van der Waals surface area contributed by atoms with Crippen LogP contribution in [0.1, 0.15) is 6.42 Å². The third kappa shape index (κ3) is 3.13. The molecule has 0 saturated heterocycles. The number of hydrazine groups is 1. The van der Waals surface area contributed by atoms with Gasteiger partial charge in [-0.25, -0.2) is 0 Å². The zero-order valence-electron chi connectivity index (χ0n) is 11.2. The highest BCUT2D eigenvalue weighted by molar-refractivity contribution is 9.10. The Bertz CT molecular complexity index is 628. The van der Waals surface area contributed by atoms with Crippen molar-refractivity contribution >= 4 is 33.2 Å². The minimum Gasteiger partial charge on any atom is -0.491 e. The van der Waals surface area contributed by atoms with Gasteiger partial charge in [0.15, 0.2) is 0 Å². The normalized spacial score (nSPS) is 16.1. The molecule has 0 spiro atoms. The van der Waals surface area contributed by atoms with E-state index in [-0.39, 0.29) is 5.91 Å². The molecule has 4 N–H and O–H groups in total. The molecule has 1 aromatic carbocycles. The lowest BCUT2D eigenvalue weighted by Gasteiger charge is -2.16. The molecule has 0 saturated carbocycles. The molecule has 2 aliphatic rings. The summed E-state index contributed by atoms with van der Waals surface area (Å²) in [7, 11) is 0. The molecule has 0 bridgehead atoms. The molecule has 3 rings (SSSR count). The van der Waals surface area contributed by atoms with Gasteiger partial charge < -0.3 is 26.2 Å². The van der Waals surface area contributed by atoms with Crippen molar-refractivity contribution in [1.29, 1.82) is 0 Å². The fourth-order valence-electron chi connectivity index (χ4n) is 2.13. The number of fused-ring (bicyclic) bond motifs is 1. The van der Waals surface area contributed by atoms with E-state index in [1.165, 1.54) is 0 Å². The summed E-state index contributed by atoms with van der Waals surface area (Å²) in [6.45, 7) is 1.47. The van der Waals surface area contributed by atoms with Crippen LogP contribution in [-0.2, 0) is 4.79 Å². The third-order valence-corrected chi connectivity index (χ3v) is 3.57. The van der Waals surface area contributed by atoms with Crippen LogP contribution in [0.2, 0.25) is 0 Å². The first kappa shape index (κ1) is 13.8. The van der Waals surface area contributed by atoms with Gasteiger partial charge in [-0.2, -0.15) is 0 Å². The van der Waals surface area contributed by atoms with E-state index in [0.29, 0.717) is 17.9 Å². The molecule has 0 fully saturated rings. The van der Waals surface area contributed by atoms with Crippen LogP contribution in [0.3, 0.4) is 0 Å². The van der Waals surface area contributed by atoms with E-state index in [9.17, 15) is 4.79 Å². The number of hydrogen-bond donors (Lipinski definition) is 4. The molecule has 21 heavy (non-hydrogen) atoms. The number of halogens is 1. The SMILES string of the molecule is O=C(Nc1cc(Br)cc2c1NCCCO2)C1=CNNC=C1. The maximum absolute atomic E-state index is 12.3. The van der Waals surface area contributed by atoms with Crippen molar-refractivity contribution in [3.8, 4) is 5.75 Å². The van der Waals surface area contributed by atoms with Crippen LogP contribution >= 0.6 is 15.9 Å². The number of hydrogen-bond acceptors (Lipinski definition) is 5. The van der Waals surface area contributed by atoms with Crippen molar-refractivity contribution in [3.05, 3.63) is 40.7 Å². The highest BCUT2D eigenvalue weighted by Crippen LogP contribution is 2.37. The number of benzene rings is 1. The van der Waals surface area contributed by atoms with E-state index in [1.54, 1.807) is 18.5 Å². The van der Waals surface area contributed by atoms with Crippen molar-refractivity contribution in [1.82, 2.24) is 10.9 Å². The van der Waals surface area contributed by atoms with Gasteiger partial charge >= 0.3 is 0 Å². The third-order valence-electron chi connectivity index (χ3n) is 3.12. The van der Waals surface area contributed by atoms with Gasteiger partial charge in [-0.1, -0.05) is 15.9 Å². The van der Waals surface area contributed by atoms with Gasteiger partial charge in [0.2, 0.25) is 0 Å². The molecule has 0 aliphatic carbocycles. The van der Waals surface area contributed by atoms with E-state index in [4.69, 9.17) is 4.74 Å². The molecular weight excluding hydrogens is 336 g/mol. The van der Waals surface area contributed by atoms with Gasteiger partial charge in [0, 0.05) is 23.4 Å². The highest BCUT2D eigenvalue weighted by atomic mass is 79.9. The molecule has 1 aromatic rings. The Labute approximate surface area is 130 Å². The van der Waals surface area contributed by atoms with E-state index in [2.05, 4.69) is 37.4 Å². The Morgan fingerprint density at radius 2 is 2.24 bits per heavy atom. The lowest BCUT2D eigenvalue weighted by atomic mass is 10.2. The van der Waals surface area contributed by atoms with Crippen molar-refractivity contribution in [2.45, 2.75) is 6.42 Å². The first-order valence-corrected chi connectivity index (χ1v) is 7.43. The summed E-state index contributed by atoms with van der Waals surface area (Å²) in [5.74, 6) is 0.553. The summed E-state index contributed by atoms with van der Waals surface area (Å²) in [6.07, 6.45) is 5.89. The van der Waals surface area contributed by atoms with E-state index < -0.39 is 0 Å². The van der Waals surface area contributed by atoms with Gasteiger partial charge in [0.25, 0.3) is 5.91 Å². The summed E-state index contributed by atoms with van der Waals surface area (Å²) in [4.78, 5) is 12.3. The van der Waals surface area contributed by atoms with Crippen molar-refractivity contribution in [2.75, 3.05) is 23.8 Å². The van der Waals surface area contributed by atoms with E-state index >= 15 is 0 Å². The first-order chi connectivity index (χ1) is 10.2. The van der Waals surface area contributed by atoms with Gasteiger partial charge in [-0.05, 0) is 24.6 Å². The first-order valence-electron chi connectivity index (χ1n) is 6.63. The number of amides is 1. The monoisotopic (exact) mass is 350 g/mol. The lowest BCUT2D eigenvalue weighted by molar-refractivity contribution is -0.112. The fourth-order valence-corrected chi connectivity index (χ4v) is 2.56. The summed E-state index contributed by atoms with van der Waals surface area (Å²) in [6, 6.07) is 3.76. The zero-order chi connectivity index (χ0) is 14.7. The second-order valence-corrected chi connectivity index (χ2v) is 5.55. The molecular formula is C14H15BrN4O2. The van der Waals surface area contributed by atoms with E-state index in [1.807, 2.05) is 12.1 Å². The van der Waals surface area contributed by atoms with Crippen LogP contribution in [0.5, 0.6) is 5.75 Å². The predicted molar refractivity (Wildman–Crippen MR) is 84.9 cm³/mol. The standard InChI is InChI=1S/C14H15BrN4O2/c15-10-6-11(13-12(7-10)21-5-1-3-16-13)19-14(20)9-2-4-17-18-8-9/h2,4,6-8,16-18H,1,3,5H2,(H,19,20). The van der Waals surface area contributed by atoms with Gasteiger partial charge in [0.1, 0.15) is 11.4 Å². The molecule has 0 aromatic heterocycles. The van der Waals surface area contributed by atoms with Gasteiger partial charge in [-0.15, -0.1) is 0 Å². The minimum atomic E-state index is -0.188. The summed E-state index contributed by atoms with van der Waals surface area (Å²) in [5.41, 5.74) is 7.60. The van der Waals surface area contributed by atoms with Crippen LogP contribution in [0, 0.1) is 0 Å². The zero-order valence-corrected chi connectivity index (χ0v) is 12.8. The topological polar surface area (TPSA) is 74.4 Å². The molecule has 2 heterocycles. The minimum absolute atomic E-state index is 0.188. The maximum atomic E-state index is 12.3. The molecule has 7 heteroatoms. The van der Waals surface area contributed by atoms with Crippen molar-refractivity contribution in [2.24, 2.45) is 0 Å². The largest absolute Gasteiger partial charge is 0.491 e. The van der Waals surface area contributed by atoms with Crippen LogP contribution in [0.4, 0.5) is 11.4 Å². The number of nitrogens with one attached hydrogen (secondary N) is 4. The average Bonchev–Trinajstić information content (AvgIpc) is 2.73. The molecule has 110 valence electrons. The highest BCUT2D eigenvalue weighted by Gasteiger charge is 2.17. The predicted octanol–water partition coefficient (Wildman–Crippen LogP) is 2.09. The Morgan fingerprint density at radius 3 is 3.05 bits per heavy atom. The quantitative estimate of drug-likeness (QED) is 0.657. The second kappa shape index (κ2) is 6.09. The maximum Gasteiger partial charge on any atom is 0.257 e. The van der Waals surface area contributed by atoms with Crippen LogP contribution in [0.15, 0.2) is 40.7 Å². The van der Waals surface area contributed by atoms with Crippen molar-refractivity contribution in [3.63, 3.8) is 0 Å². The lowest BCUT2D eigenvalue weighted by Crippen LogP contribution is -2.27. The number of carbonyl (C=O) groups is 1. The molecule has 2 aliphatic heterocycles. The number of anilines is 2. The smallest absolute Gasteiger partial charge is 0.257 e. The number of carbonyl (C=O) groups excluding carboxylic acids is 1. The van der Waals surface area contributed by atoms with E-state index in [0.717, 1.165) is 28.9 Å².